The Hall–Kier alpha value is -8.84. The summed E-state index contributed by atoms with van der Waals surface area (Å²) in [7, 11) is 5.27. The number of carbonyl (C=O) groups excluding carboxylic acids is 2. The lowest BCUT2D eigenvalue weighted by Gasteiger charge is -2.32. The normalized spacial score (nSPS) is 14.7. The van der Waals surface area contributed by atoms with Crippen molar-refractivity contribution in [2.24, 2.45) is 5.92 Å². The topological polar surface area (TPSA) is 254 Å². The average molecular weight is 1160 g/mol. The zero-order chi connectivity index (χ0) is 59.8. The molecule has 0 saturated carbocycles. The Balaban J connectivity index is 0.911. The number of likely N-dealkylation sites (N-methyl/N-ethyl adjacent to an activating group) is 1. The predicted octanol–water partition coefficient (Wildman–Crippen LogP) is 10.1. The lowest BCUT2D eigenvalue weighted by atomic mass is 9.93. The largest absolute Gasteiger partial charge is 0.493 e. The number of benzene rings is 4. The molecule has 8 aromatic rings. The lowest BCUT2D eigenvalue weighted by molar-refractivity contribution is 0.118. The van der Waals surface area contributed by atoms with E-state index in [9.17, 15) is 5.11 Å². The number of likely N-dealkylation sites (tertiary alicyclic amines) is 1. The summed E-state index contributed by atoms with van der Waals surface area (Å²) in [5, 5.41) is 27.3. The molecule has 24 heteroatoms. The van der Waals surface area contributed by atoms with Crippen LogP contribution >= 0.6 is 0 Å². The fourth-order valence-corrected chi connectivity index (χ4v) is 9.71. The van der Waals surface area contributed by atoms with Crippen molar-refractivity contribution in [3.05, 3.63) is 109 Å². The van der Waals surface area contributed by atoms with E-state index in [-0.39, 0.29) is 41.4 Å². The van der Waals surface area contributed by atoms with E-state index in [1.807, 2.05) is 41.5 Å². The number of anilines is 4. The number of aromatic nitrogens is 6. The highest BCUT2D eigenvalue weighted by Crippen LogP contribution is 2.39. The van der Waals surface area contributed by atoms with E-state index in [2.05, 4.69) is 62.6 Å². The number of aliphatic hydroxyl groups excluding tert-OH is 1. The third-order valence-corrected chi connectivity index (χ3v) is 14.8. The maximum absolute atomic E-state index is 15.2. The number of hydrazine groups is 1. The molecule has 3 N–H and O–H groups in total. The molecular weight excluding hydrogens is 1090 g/mol. The molecular formula is C61H73N13O11. The molecule has 2 aliphatic rings. The average Bonchev–Trinajstić information content (AvgIpc) is 3.28. The van der Waals surface area contributed by atoms with E-state index in [4.69, 9.17) is 37.5 Å². The van der Waals surface area contributed by atoms with Gasteiger partial charge in [0.25, 0.3) is 0 Å². The first-order valence-corrected chi connectivity index (χ1v) is 28.3. The standard InChI is InChI=1S/C61H73N13O11/c1-60(2,3)52-34-54(68-84-52)73(58(76)66-40-12-10-14-42(28-40)82-56-44-30-50(48(78-8)32-46(44)62-37-64-56)80-26-24-71-18-16-39(36-75)17-19-71)74(55-35-53(85-69-55)61(4,5)6)59(77)67-41-13-11-15-43(29-41)83-57-45-31-51(49(79-9)33-47(45)63-38-65-57)81-27-25-72-22-20-70(7)21-23-72/h10-15,28-35,37-39,75H,16-27,36H2,1-9H3,(H,66,76)(H,67,77). The van der Waals surface area contributed by atoms with Crippen molar-refractivity contribution in [1.29, 1.82) is 0 Å². The number of carbonyl (C=O) groups is 2. The van der Waals surface area contributed by atoms with E-state index in [0.29, 0.717) is 93.5 Å². The zero-order valence-corrected chi connectivity index (χ0v) is 49.5. The minimum Gasteiger partial charge on any atom is -0.493 e. The van der Waals surface area contributed by atoms with Crippen molar-refractivity contribution >= 4 is 56.9 Å². The number of piperazine rings is 1. The second-order valence-corrected chi connectivity index (χ2v) is 23.0. The Kier molecular flexibility index (Phi) is 18.1. The number of nitrogens with one attached hydrogen (secondary N) is 2. The summed E-state index contributed by atoms with van der Waals surface area (Å²) in [6, 6.07) is 22.0. The van der Waals surface area contributed by atoms with Crippen LogP contribution in [0.1, 0.15) is 65.9 Å². The van der Waals surface area contributed by atoms with E-state index in [1.165, 1.54) is 12.7 Å². The Morgan fingerprint density at radius 3 is 1.46 bits per heavy atom. The van der Waals surface area contributed by atoms with E-state index in [0.717, 1.165) is 68.7 Å². The van der Waals surface area contributed by atoms with Crippen molar-refractivity contribution in [2.75, 3.05) is 114 Å². The van der Waals surface area contributed by atoms with Crippen molar-refractivity contribution in [2.45, 2.75) is 65.2 Å². The van der Waals surface area contributed by atoms with Crippen LogP contribution < -0.4 is 49.1 Å². The van der Waals surface area contributed by atoms with Gasteiger partial charge < -0.3 is 58.1 Å². The van der Waals surface area contributed by atoms with Gasteiger partial charge >= 0.3 is 12.1 Å². The number of rotatable bonds is 19. The number of methoxy groups -OCH3 is 2. The Labute approximate surface area is 492 Å². The number of nitrogens with zero attached hydrogens (tertiary/aromatic N) is 11. The molecule has 10 rings (SSSR count). The highest BCUT2D eigenvalue weighted by atomic mass is 16.5. The summed E-state index contributed by atoms with van der Waals surface area (Å²) in [5.74, 6) is 4.21. The van der Waals surface area contributed by atoms with Crippen molar-refractivity contribution < 1.29 is 52.2 Å². The van der Waals surface area contributed by atoms with Gasteiger partial charge in [-0.25, -0.2) is 29.5 Å². The third-order valence-electron chi connectivity index (χ3n) is 14.8. The highest BCUT2D eigenvalue weighted by molar-refractivity contribution is 6.12. The first kappa shape index (κ1) is 59.3. The van der Waals surface area contributed by atoms with Gasteiger partial charge in [0.05, 0.1) is 36.0 Å². The Morgan fingerprint density at radius 1 is 0.600 bits per heavy atom. The summed E-state index contributed by atoms with van der Waals surface area (Å²) >= 11 is 0. The monoisotopic (exact) mass is 1160 g/mol. The molecule has 4 amide bonds. The number of piperidine rings is 1. The van der Waals surface area contributed by atoms with Gasteiger partial charge in [-0.1, -0.05) is 64.0 Å². The summed E-state index contributed by atoms with van der Waals surface area (Å²) in [6.07, 6.45) is 4.67. The first-order chi connectivity index (χ1) is 40.9. The Bertz CT molecular complexity index is 3600. The van der Waals surface area contributed by atoms with Crippen LogP contribution in [0.3, 0.4) is 0 Å². The molecule has 0 radical (unpaired) electrons. The van der Waals surface area contributed by atoms with Gasteiger partial charge in [0.2, 0.25) is 23.4 Å². The molecule has 4 aromatic carbocycles. The quantitative estimate of drug-likeness (QED) is 0.0636. The number of aliphatic hydroxyl groups is 1. The van der Waals surface area contributed by atoms with Crippen LogP contribution in [0.2, 0.25) is 0 Å². The minimum absolute atomic E-state index is 0.0508. The molecule has 0 unspecified atom stereocenters. The number of urea groups is 2. The van der Waals surface area contributed by atoms with Gasteiger partial charge in [-0.15, -0.1) is 0 Å². The molecule has 0 bridgehead atoms. The summed E-state index contributed by atoms with van der Waals surface area (Å²) in [5.41, 5.74) is 0.569. The van der Waals surface area contributed by atoms with Gasteiger partial charge in [-0.2, -0.15) is 10.0 Å². The molecule has 6 heterocycles. The maximum Gasteiger partial charge on any atom is 0.347 e. The zero-order valence-electron chi connectivity index (χ0n) is 49.5. The van der Waals surface area contributed by atoms with E-state index < -0.39 is 22.9 Å². The number of amides is 4. The van der Waals surface area contributed by atoms with Crippen molar-refractivity contribution in [3.63, 3.8) is 0 Å². The molecule has 448 valence electrons. The summed E-state index contributed by atoms with van der Waals surface area (Å²) in [6.45, 7) is 19.8. The molecule has 4 aromatic heterocycles. The lowest BCUT2D eigenvalue weighted by Crippen LogP contribution is -2.54. The summed E-state index contributed by atoms with van der Waals surface area (Å²) in [4.78, 5) is 55.3. The van der Waals surface area contributed by atoms with Crippen LogP contribution in [0.5, 0.6) is 46.3 Å². The minimum atomic E-state index is -0.840. The second kappa shape index (κ2) is 26.0. The molecule has 2 saturated heterocycles. The van der Waals surface area contributed by atoms with Crippen LogP contribution in [-0.2, 0) is 10.8 Å². The molecule has 0 spiro atoms. The number of hydrogen-bond donors (Lipinski definition) is 3. The molecule has 0 atom stereocenters. The maximum atomic E-state index is 15.2. The summed E-state index contributed by atoms with van der Waals surface area (Å²) < 4.78 is 48.5. The number of hydrogen-bond acceptors (Lipinski definition) is 20. The van der Waals surface area contributed by atoms with E-state index in [1.54, 1.807) is 99.1 Å². The molecule has 85 heavy (non-hydrogen) atoms. The smallest absolute Gasteiger partial charge is 0.347 e. The predicted molar refractivity (Wildman–Crippen MR) is 320 cm³/mol. The van der Waals surface area contributed by atoms with Gasteiger partial charge in [-0.3, -0.25) is 9.80 Å². The molecule has 2 fully saturated rings. The van der Waals surface area contributed by atoms with Crippen molar-refractivity contribution in [3.8, 4) is 46.3 Å². The van der Waals surface area contributed by atoms with Gasteiger partial charge in [0.15, 0.2) is 23.0 Å². The fourth-order valence-electron chi connectivity index (χ4n) is 9.71. The van der Waals surface area contributed by atoms with Gasteiger partial charge in [0.1, 0.15) is 48.9 Å². The van der Waals surface area contributed by atoms with Crippen LogP contribution in [0.25, 0.3) is 21.8 Å². The van der Waals surface area contributed by atoms with Crippen molar-refractivity contribution in [1.82, 2.24) is 44.9 Å². The number of ether oxygens (including phenoxy) is 6. The van der Waals surface area contributed by atoms with Crippen LogP contribution in [0.4, 0.5) is 32.6 Å². The third kappa shape index (κ3) is 14.4. The van der Waals surface area contributed by atoms with Crippen LogP contribution in [0, 0.1) is 5.92 Å². The van der Waals surface area contributed by atoms with Crippen LogP contribution in [0.15, 0.2) is 107 Å². The fraction of sp³-hybridized carbons (Fsp3) is 0.410. The molecule has 2 aliphatic heterocycles. The second-order valence-electron chi connectivity index (χ2n) is 23.0. The van der Waals surface area contributed by atoms with Gasteiger partial charge in [0, 0.05) is 104 Å². The SMILES string of the molecule is COc1cc2ncnc(Oc3cccc(NC(=O)N(c4cc(C(C)(C)C)on4)N(C(=O)Nc4cccc(Oc5ncnc6cc(OC)c(OCCN7CCN(C)CC7)cc56)c4)c4cc(C(C)(C)C)on4)c3)c2cc1OCCN1CCC(CO)CC1. The van der Waals surface area contributed by atoms with Crippen LogP contribution in [-0.4, -0.2) is 156 Å². The first-order valence-electron chi connectivity index (χ1n) is 28.3. The Morgan fingerprint density at radius 2 is 1.05 bits per heavy atom. The molecule has 24 nitrogen and oxygen atoms in total. The van der Waals surface area contributed by atoms with E-state index >= 15 is 9.59 Å². The van der Waals surface area contributed by atoms with Gasteiger partial charge in [-0.05, 0) is 75.3 Å². The molecule has 0 aliphatic carbocycles. The highest BCUT2D eigenvalue weighted by Gasteiger charge is 2.37. The number of fused-ring (bicyclic) bond motifs is 2.